The molecule has 0 spiro atoms. The normalized spacial score (nSPS) is 15.1. The Labute approximate surface area is 109 Å². The van der Waals surface area contributed by atoms with E-state index in [0.717, 1.165) is 0 Å². The van der Waals surface area contributed by atoms with Crippen molar-refractivity contribution in [2.75, 3.05) is 0 Å². The maximum atomic E-state index is 13.3. The van der Waals surface area contributed by atoms with E-state index in [9.17, 15) is 14.3 Å². The van der Waals surface area contributed by atoms with Crippen molar-refractivity contribution in [2.24, 2.45) is 0 Å². The van der Waals surface area contributed by atoms with Crippen LogP contribution in [0.15, 0.2) is 35.3 Å². The van der Waals surface area contributed by atoms with Crippen LogP contribution in [0.4, 0.5) is 4.39 Å². The molecule has 0 bridgehead atoms. The van der Waals surface area contributed by atoms with Crippen LogP contribution >= 0.6 is 0 Å². The molecule has 1 aliphatic rings. The SMILES string of the molecule is C=C1c2ccc(F)cc2C(=O)c2oc(C(C)O)cc21. The lowest BCUT2D eigenvalue weighted by molar-refractivity contribution is 0.0996. The molecule has 1 unspecified atom stereocenters. The molecule has 1 atom stereocenters. The van der Waals surface area contributed by atoms with Gasteiger partial charge in [-0.2, -0.15) is 0 Å². The molecule has 0 radical (unpaired) electrons. The summed E-state index contributed by atoms with van der Waals surface area (Å²) in [5.41, 5.74) is 1.99. The summed E-state index contributed by atoms with van der Waals surface area (Å²) in [5.74, 6) is -0.457. The average molecular weight is 258 g/mol. The van der Waals surface area contributed by atoms with Gasteiger partial charge in [0.2, 0.25) is 5.78 Å². The molecule has 0 amide bonds. The topological polar surface area (TPSA) is 50.4 Å². The predicted octanol–water partition coefficient (Wildman–Crippen LogP) is 3.08. The lowest BCUT2D eigenvalue weighted by atomic mass is 9.86. The van der Waals surface area contributed by atoms with Crippen molar-refractivity contribution in [3.63, 3.8) is 0 Å². The quantitative estimate of drug-likeness (QED) is 0.729. The van der Waals surface area contributed by atoms with Gasteiger partial charge in [-0.3, -0.25) is 4.79 Å². The van der Waals surface area contributed by atoms with Crippen molar-refractivity contribution < 1.29 is 18.7 Å². The van der Waals surface area contributed by atoms with Gasteiger partial charge >= 0.3 is 0 Å². The second kappa shape index (κ2) is 3.90. The number of aliphatic hydroxyl groups is 1. The Hall–Kier alpha value is -2.20. The third kappa shape index (κ3) is 1.64. The molecule has 0 saturated carbocycles. The Morgan fingerprint density at radius 2 is 2.00 bits per heavy atom. The first kappa shape index (κ1) is 11.9. The zero-order valence-corrected chi connectivity index (χ0v) is 10.2. The van der Waals surface area contributed by atoms with Crippen molar-refractivity contribution in [2.45, 2.75) is 13.0 Å². The van der Waals surface area contributed by atoms with E-state index in [4.69, 9.17) is 4.42 Å². The van der Waals surface area contributed by atoms with Gasteiger partial charge in [0.05, 0.1) is 0 Å². The number of halogens is 1. The molecule has 96 valence electrons. The van der Waals surface area contributed by atoms with E-state index in [1.807, 2.05) is 0 Å². The van der Waals surface area contributed by atoms with E-state index in [1.165, 1.54) is 18.2 Å². The van der Waals surface area contributed by atoms with Gasteiger partial charge in [0.25, 0.3) is 0 Å². The molecule has 3 nitrogen and oxygen atoms in total. The van der Waals surface area contributed by atoms with Crippen LogP contribution in [0, 0.1) is 5.82 Å². The lowest BCUT2D eigenvalue weighted by Gasteiger charge is -2.16. The standard InChI is InChI=1S/C15H11FO3/c1-7-10-4-3-9(16)5-12(10)14(18)15-11(7)6-13(19-15)8(2)17/h3-6,8,17H,1H2,2H3. The second-order valence-corrected chi connectivity index (χ2v) is 4.57. The number of furan rings is 1. The number of benzene rings is 1. The largest absolute Gasteiger partial charge is 0.454 e. The molecule has 1 aromatic carbocycles. The van der Waals surface area contributed by atoms with Crippen molar-refractivity contribution in [1.29, 1.82) is 0 Å². The summed E-state index contributed by atoms with van der Waals surface area (Å²) < 4.78 is 18.6. The third-order valence-corrected chi connectivity index (χ3v) is 3.25. The summed E-state index contributed by atoms with van der Waals surface area (Å²) in [7, 11) is 0. The minimum atomic E-state index is -0.814. The van der Waals surface area contributed by atoms with E-state index in [0.29, 0.717) is 22.5 Å². The Balaban J connectivity index is 2.24. The first-order valence-electron chi connectivity index (χ1n) is 5.84. The minimum Gasteiger partial charge on any atom is -0.454 e. The zero-order valence-electron chi connectivity index (χ0n) is 10.2. The molecule has 0 aliphatic heterocycles. The smallest absolute Gasteiger partial charge is 0.229 e. The van der Waals surface area contributed by atoms with Crippen LogP contribution in [0.2, 0.25) is 0 Å². The first-order valence-corrected chi connectivity index (χ1v) is 5.84. The highest BCUT2D eigenvalue weighted by Crippen LogP contribution is 2.37. The molecule has 0 saturated heterocycles. The number of rotatable bonds is 1. The summed E-state index contributed by atoms with van der Waals surface area (Å²) >= 11 is 0. The van der Waals surface area contributed by atoms with Gasteiger partial charge in [-0.15, -0.1) is 0 Å². The van der Waals surface area contributed by atoms with Crippen molar-refractivity contribution in [3.05, 3.63) is 64.9 Å². The van der Waals surface area contributed by atoms with Gasteiger partial charge in [-0.25, -0.2) is 4.39 Å². The van der Waals surface area contributed by atoms with Crippen LogP contribution in [0.5, 0.6) is 0 Å². The minimum absolute atomic E-state index is 0.110. The van der Waals surface area contributed by atoms with E-state index in [-0.39, 0.29) is 17.1 Å². The van der Waals surface area contributed by atoms with Crippen molar-refractivity contribution in [1.82, 2.24) is 0 Å². The lowest BCUT2D eigenvalue weighted by Crippen LogP contribution is -2.12. The maximum absolute atomic E-state index is 13.3. The molecule has 0 fully saturated rings. The highest BCUT2D eigenvalue weighted by molar-refractivity contribution is 6.17. The summed E-state index contributed by atoms with van der Waals surface area (Å²) in [4.78, 5) is 12.3. The fourth-order valence-electron chi connectivity index (χ4n) is 2.24. The zero-order chi connectivity index (χ0) is 13.7. The fourth-order valence-corrected chi connectivity index (χ4v) is 2.24. The first-order chi connectivity index (χ1) is 8.99. The van der Waals surface area contributed by atoms with Crippen LogP contribution in [0.1, 0.15) is 46.0 Å². The number of fused-ring (bicyclic) bond motifs is 2. The molecule has 19 heavy (non-hydrogen) atoms. The number of aliphatic hydroxyl groups excluding tert-OH is 1. The predicted molar refractivity (Wildman–Crippen MR) is 67.3 cm³/mol. The molecule has 4 heteroatoms. The summed E-state index contributed by atoms with van der Waals surface area (Å²) in [5, 5.41) is 9.51. The van der Waals surface area contributed by atoms with Gasteiger partial charge in [0, 0.05) is 11.1 Å². The van der Waals surface area contributed by atoms with Gasteiger partial charge in [-0.05, 0) is 36.3 Å². The Morgan fingerprint density at radius 1 is 1.26 bits per heavy atom. The molecular formula is C15H11FO3. The molecule has 1 heterocycles. The maximum Gasteiger partial charge on any atom is 0.229 e. The number of hydrogen-bond acceptors (Lipinski definition) is 3. The van der Waals surface area contributed by atoms with Crippen LogP contribution < -0.4 is 0 Å². The highest BCUT2D eigenvalue weighted by Gasteiger charge is 2.31. The molecule has 2 aromatic rings. The number of ketones is 1. The second-order valence-electron chi connectivity index (χ2n) is 4.57. The summed E-state index contributed by atoms with van der Waals surface area (Å²) in [6, 6.07) is 5.60. The van der Waals surface area contributed by atoms with Crippen LogP contribution in [0.25, 0.3) is 5.57 Å². The average Bonchev–Trinajstić information content (AvgIpc) is 2.81. The third-order valence-electron chi connectivity index (χ3n) is 3.25. The summed E-state index contributed by atoms with van der Waals surface area (Å²) in [6.45, 7) is 5.46. The molecule has 1 aliphatic carbocycles. The Morgan fingerprint density at radius 3 is 2.68 bits per heavy atom. The van der Waals surface area contributed by atoms with Gasteiger partial charge in [0.15, 0.2) is 5.76 Å². The fraction of sp³-hybridized carbons (Fsp3) is 0.133. The van der Waals surface area contributed by atoms with E-state index in [2.05, 4.69) is 6.58 Å². The number of carbonyl (C=O) groups is 1. The van der Waals surface area contributed by atoms with E-state index < -0.39 is 11.9 Å². The Kier molecular flexibility index (Phi) is 2.43. The number of hydrogen-bond donors (Lipinski definition) is 1. The molecule has 1 aromatic heterocycles. The van der Waals surface area contributed by atoms with Gasteiger partial charge in [-0.1, -0.05) is 12.6 Å². The van der Waals surface area contributed by atoms with Gasteiger partial charge in [0.1, 0.15) is 17.7 Å². The molecular weight excluding hydrogens is 247 g/mol. The van der Waals surface area contributed by atoms with Crippen molar-refractivity contribution >= 4 is 11.4 Å². The molecule has 3 rings (SSSR count). The monoisotopic (exact) mass is 258 g/mol. The van der Waals surface area contributed by atoms with Gasteiger partial charge < -0.3 is 9.52 Å². The molecule has 1 N–H and O–H groups in total. The summed E-state index contributed by atoms with van der Waals surface area (Å²) in [6.07, 6.45) is -0.814. The van der Waals surface area contributed by atoms with E-state index in [1.54, 1.807) is 13.0 Å². The van der Waals surface area contributed by atoms with Crippen molar-refractivity contribution in [3.8, 4) is 0 Å². The van der Waals surface area contributed by atoms with E-state index >= 15 is 0 Å². The van der Waals surface area contributed by atoms with Crippen LogP contribution in [-0.4, -0.2) is 10.9 Å². The Bertz CT molecular complexity index is 710. The van der Waals surface area contributed by atoms with Crippen LogP contribution in [0.3, 0.4) is 0 Å². The number of carbonyl (C=O) groups excluding carboxylic acids is 1. The highest BCUT2D eigenvalue weighted by atomic mass is 19.1. The van der Waals surface area contributed by atoms with Crippen LogP contribution in [-0.2, 0) is 0 Å².